The van der Waals surface area contributed by atoms with Crippen LogP contribution in [0, 0.1) is 12.7 Å². The van der Waals surface area contributed by atoms with Crippen molar-refractivity contribution < 1.29 is 9.18 Å². The first-order chi connectivity index (χ1) is 13.0. The van der Waals surface area contributed by atoms with Crippen molar-refractivity contribution in [2.24, 2.45) is 0 Å². The van der Waals surface area contributed by atoms with Crippen molar-refractivity contribution in [1.29, 1.82) is 0 Å². The molecule has 27 heavy (non-hydrogen) atoms. The molecule has 0 aliphatic rings. The number of nitrogens with zero attached hydrogens (tertiary/aromatic N) is 2. The Kier molecular flexibility index (Phi) is 5.98. The van der Waals surface area contributed by atoms with E-state index in [9.17, 15) is 9.18 Å². The third-order valence-corrected chi connectivity index (χ3v) is 4.16. The van der Waals surface area contributed by atoms with E-state index in [4.69, 9.17) is 11.6 Å². The van der Waals surface area contributed by atoms with E-state index in [0.29, 0.717) is 35.3 Å². The molecule has 3 rings (SSSR count). The molecule has 3 aromatic rings. The van der Waals surface area contributed by atoms with Crippen molar-refractivity contribution in [3.05, 3.63) is 82.5 Å². The molecule has 0 saturated heterocycles. The van der Waals surface area contributed by atoms with Crippen LogP contribution in [0.1, 0.15) is 21.9 Å². The van der Waals surface area contributed by atoms with Crippen LogP contribution in [-0.2, 0) is 6.42 Å². The first-order valence-electron chi connectivity index (χ1n) is 8.41. The Bertz CT molecular complexity index is 947. The number of aromatic nitrogens is 2. The topological polar surface area (TPSA) is 66.9 Å². The number of benzene rings is 2. The number of amides is 1. The number of carbonyl (C=O) groups excluding carboxylic acids is 1. The maximum atomic E-state index is 12.9. The van der Waals surface area contributed by atoms with Crippen LogP contribution in [-0.4, -0.2) is 22.4 Å². The summed E-state index contributed by atoms with van der Waals surface area (Å²) >= 11 is 6.07. The molecule has 7 heteroatoms. The normalized spacial score (nSPS) is 10.5. The Morgan fingerprint density at radius 3 is 2.59 bits per heavy atom. The van der Waals surface area contributed by atoms with Crippen LogP contribution in [0.2, 0.25) is 5.02 Å². The Hall–Kier alpha value is -2.99. The molecule has 0 unspecified atom stereocenters. The van der Waals surface area contributed by atoms with E-state index in [1.165, 1.54) is 12.1 Å². The van der Waals surface area contributed by atoms with Crippen LogP contribution in [0.25, 0.3) is 0 Å². The highest BCUT2D eigenvalue weighted by molar-refractivity contribution is 6.33. The summed E-state index contributed by atoms with van der Waals surface area (Å²) in [5.74, 6) is 0.405. The number of nitrogens with one attached hydrogen (secondary N) is 2. The summed E-state index contributed by atoms with van der Waals surface area (Å²) in [6, 6.07) is 14.9. The van der Waals surface area contributed by atoms with Crippen molar-refractivity contribution in [2.75, 3.05) is 17.2 Å². The minimum atomic E-state index is -0.366. The molecule has 0 aliphatic heterocycles. The summed E-state index contributed by atoms with van der Waals surface area (Å²) in [4.78, 5) is 21.0. The zero-order valence-electron chi connectivity index (χ0n) is 14.7. The van der Waals surface area contributed by atoms with Gasteiger partial charge in [-0.2, -0.15) is 0 Å². The molecule has 0 atom stereocenters. The molecule has 0 radical (unpaired) electrons. The Labute approximate surface area is 161 Å². The number of rotatable bonds is 6. The van der Waals surface area contributed by atoms with E-state index in [1.54, 1.807) is 49.4 Å². The summed E-state index contributed by atoms with van der Waals surface area (Å²) in [7, 11) is 0. The quantitative estimate of drug-likeness (QED) is 0.657. The van der Waals surface area contributed by atoms with Gasteiger partial charge in [-0.25, -0.2) is 14.4 Å². The molecule has 2 N–H and O–H groups in total. The van der Waals surface area contributed by atoms with Crippen LogP contribution < -0.4 is 10.6 Å². The van der Waals surface area contributed by atoms with Crippen LogP contribution in [0.15, 0.2) is 54.6 Å². The molecule has 1 amide bonds. The molecule has 0 saturated carbocycles. The number of anilines is 2. The van der Waals surface area contributed by atoms with Crippen LogP contribution in [0.4, 0.5) is 15.9 Å². The molecule has 2 aromatic carbocycles. The maximum absolute atomic E-state index is 12.9. The van der Waals surface area contributed by atoms with Gasteiger partial charge in [-0.1, -0.05) is 35.9 Å². The van der Waals surface area contributed by atoms with Gasteiger partial charge in [-0.05, 0) is 43.2 Å². The predicted molar refractivity (Wildman–Crippen MR) is 105 cm³/mol. The number of halogens is 2. The number of aryl methyl sites for hydroxylation is 1. The van der Waals surface area contributed by atoms with Gasteiger partial charge in [0.05, 0.1) is 10.7 Å². The second-order valence-electron chi connectivity index (χ2n) is 5.92. The largest absolute Gasteiger partial charge is 0.370 e. The molecule has 138 valence electrons. The average Bonchev–Trinajstić information content (AvgIpc) is 2.65. The summed E-state index contributed by atoms with van der Waals surface area (Å²) in [6.45, 7) is 2.31. The summed E-state index contributed by atoms with van der Waals surface area (Å²) in [6.07, 6.45) is 0.699. The summed E-state index contributed by atoms with van der Waals surface area (Å²) in [5.41, 5.74) is 1.77. The molecule has 0 fully saturated rings. The van der Waals surface area contributed by atoms with Gasteiger partial charge in [0.25, 0.3) is 5.91 Å². The summed E-state index contributed by atoms with van der Waals surface area (Å²) < 4.78 is 12.9. The fraction of sp³-hybridized carbons (Fsp3) is 0.150. The second-order valence-corrected chi connectivity index (χ2v) is 6.33. The maximum Gasteiger partial charge on any atom is 0.274 e. The van der Waals surface area contributed by atoms with E-state index < -0.39 is 0 Å². The van der Waals surface area contributed by atoms with Crippen molar-refractivity contribution in [1.82, 2.24) is 9.97 Å². The lowest BCUT2D eigenvalue weighted by molar-refractivity contribution is 0.102. The van der Waals surface area contributed by atoms with Gasteiger partial charge < -0.3 is 10.6 Å². The Balaban J connectivity index is 1.65. The van der Waals surface area contributed by atoms with Crippen molar-refractivity contribution in [2.45, 2.75) is 13.3 Å². The van der Waals surface area contributed by atoms with Gasteiger partial charge in [-0.15, -0.1) is 0 Å². The molecule has 0 aliphatic carbocycles. The zero-order valence-corrected chi connectivity index (χ0v) is 15.4. The van der Waals surface area contributed by atoms with Gasteiger partial charge >= 0.3 is 0 Å². The SMILES string of the molecule is Cc1nc(NCCc2ccc(F)cc2)cc(C(=O)Nc2ccccc2Cl)n1. The third-order valence-electron chi connectivity index (χ3n) is 3.83. The van der Waals surface area contributed by atoms with Crippen LogP contribution in [0.5, 0.6) is 0 Å². The number of para-hydroxylation sites is 1. The summed E-state index contributed by atoms with van der Waals surface area (Å²) in [5, 5.41) is 6.36. The lowest BCUT2D eigenvalue weighted by atomic mass is 10.1. The lowest BCUT2D eigenvalue weighted by Crippen LogP contribution is -2.16. The zero-order chi connectivity index (χ0) is 19.2. The number of carbonyl (C=O) groups is 1. The first kappa shape index (κ1) is 18.8. The molecular weight excluding hydrogens is 367 g/mol. The van der Waals surface area contributed by atoms with E-state index >= 15 is 0 Å². The Morgan fingerprint density at radius 2 is 1.85 bits per heavy atom. The third kappa shape index (κ3) is 5.24. The number of hydrogen-bond donors (Lipinski definition) is 2. The van der Waals surface area contributed by atoms with Gasteiger partial charge in [0, 0.05) is 12.6 Å². The van der Waals surface area contributed by atoms with Gasteiger partial charge in [0.15, 0.2) is 0 Å². The minimum Gasteiger partial charge on any atom is -0.370 e. The van der Waals surface area contributed by atoms with Gasteiger partial charge in [0.1, 0.15) is 23.2 Å². The lowest BCUT2D eigenvalue weighted by Gasteiger charge is -2.10. The van der Waals surface area contributed by atoms with Gasteiger partial charge in [-0.3, -0.25) is 4.79 Å². The van der Waals surface area contributed by atoms with E-state index in [0.717, 1.165) is 5.56 Å². The Morgan fingerprint density at radius 1 is 1.11 bits per heavy atom. The minimum absolute atomic E-state index is 0.242. The smallest absolute Gasteiger partial charge is 0.274 e. The van der Waals surface area contributed by atoms with Crippen molar-refractivity contribution in [3.63, 3.8) is 0 Å². The van der Waals surface area contributed by atoms with Crippen LogP contribution in [0.3, 0.4) is 0 Å². The monoisotopic (exact) mass is 384 g/mol. The van der Waals surface area contributed by atoms with Crippen molar-refractivity contribution in [3.8, 4) is 0 Å². The standard InChI is InChI=1S/C20H18ClFN4O/c1-13-24-18(20(27)26-17-5-3-2-4-16(17)21)12-19(25-13)23-11-10-14-6-8-15(22)9-7-14/h2-9,12H,10-11H2,1H3,(H,26,27)(H,23,24,25). The molecule has 1 aromatic heterocycles. The van der Waals surface area contributed by atoms with Crippen LogP contribution >= 0.6 is 11.6 Å². The highest BCUT2D eigenvalue weighted by Crippen LogP contribution is 2.21. The molecule has 1 heterocycles. The molecular formula is C20H18ClFN4O. The molecule has 0 bridgehead atoms. The fourth-order valence-corrected chi connectivity index (χ4v) is 2.69. The number of hydrogen-bond acceptors (Lipinski definition) is 4. The molecule has 5 nitrogen and oxygen atoms in total. The van der Waals surface area contributed by atoms with E-state index in [-0.39, 0.29) is 17.4 Å². The van der Waals surface area contributed by atoms with E-state index in [2.05, 4.69) is 20.6 Å². The predicted octanol–water partition coefficient (Wildman–Crippen LogP) is 4.48. The van der Waals surface area contributed by atoms with E-state index in [1.807, 2.05) is 0 Å². The first-order valence-corrected chi connectivity index (χ1v) is 8.79. The highest BCUT2D eigenvalue weighted by Gasteiger charge is 2.12. The van der Waals surface area contributed by atoms with Crippen molar-refractivity contribution >= 4 is 29.0 Å². The average molecular weight is 385 g/mol. The highest BCUT2D eigenvalue weighted by atomic mass is 35.5. The molecule has 0 spiro atoms. The second kappa shape index (κ2) is 8.60. The van der Waals surface area contributed by atoms with Gasteiger partial charge in [0.2, 0.25) is 0 Å². The fourth-order valence-electron chi connectivity index (χ4n) is 2.51.